The van der Waals surface area contributed by atoms with Gasteiger partial charge in [0.15, 0.2) is 0 Å². The van der Waals surface area contributed by atoms with E-state index in [0.29, 0.717) is 11.8 Å². The molecule has 2 heterocycles. The fraction of sp³-hybridized carbons (Fsp3) is 0.333. The van der Waals surface area contributed by atoms with E-state index in [1.807, 2.05) is 6.07 Å². The van der Waals surface area contributed by atoms with Gasteiger partial charge in [-0.15, -0.1) is 29.8 Å². The van der Waals surface area contributed by atoms with Crippen LogP contribution in [0.3, 0.4) is 0 Å². The molecular weight excluding hydrogens is 810 g/mol. The van der Waals surface area contributed by atoms with E-state index in [-0.39, 0.29) is 44.5 Å². The maximum absolute atomic E-state index is 12.1. The molecular formula is C45H44N3O2Pt-. The first kappa shape index (κ1) is 34.1. The normalized spacial score (nSPS) is 24.0. The third kappa shape index (κ3) is 6.07. The molecule has 4 aromatic carbocycles. The molecule has 0 radical (unpaired) electrons. The number of allylic oxidation sites excluding steroid dienone is 3. The number of fused-ring (bicyclic) bond motifs is 4. The summed E-state index contributed by atoms with van der Waals surface area (Å²) in [6, 6.07) is 33.7. The molecule has 0 saturated heterocycles. The van der Waals surface area contributed by atoms with E-state index in [2.05, 4.69) is 128 Å². The molecule has 4 aliphatic rings. The molecule has 0 saturated carbocycles. The summed E-state index contributed by atoms with van der Waals surface area (Å²) in [6.45, 7) is 6.73. The molecule has 262 valence electrons. The molecule has 5 nitrogen and oxygen atoms in total. The molecule has 5 aromatic rings. The number of para-hydroxylation sites is 1. The van der Waals surface area contributed by atoms with Crippen LogP contribution in [0.25, 0.3) is 33.4 Å². The van der Waals surface area contributed by atoms with Crippen LogP contribution in [0.5, 0.6) is 0 Å². The zero-order chi connectivity index (χ0) is 34.0. The summed E-state index contributed by atoms with van der Waals surface area (Å²) < 4.78 is 8.71. The van der Waals surface area contributed by atoms with Crippen molar-refractivity contribution in [2.75, 3.05) is 0 Å². The predicted molar refractivity (Wildman–Crippen MR) is 202 cm³/mol. The molecule has 0 bridgehead atoms. The van der Waals surface area contributed by atoms with Crippen molar-refractivity contribution in [2.45, 2.75) is 83.0 Å². The summed E-state index contributed by atoms with van der Waals surface area (Å²) in [5.74, 6) is 2.06. The van der Waals surface area contributed by atoms with E-state index in [4.69, 9.17) is 14.7 Å². The molecule has 9 rings (SSSR count). The minimum Gasteiger partial charge on any atom is -0.505 e. The minimum absolute atomic E-state index is 0. The van der Waals surface area contributed by atoms with Crippen molar-refractivity contribution in [2.24, 2.45) is 16.8 Å². The van der Waals surface area contributed by atoms with Gasteiger partial charge in [0.25, 0.3) is 0 Å². The Morgan fingerprint density at radius 3 is 2.49 bits per heavy atom. The second-order valence-electron chi connectivity index (χ2n) is 15.5. The molecule has 6 heteroatoms. The van der Waals surface area contributed by atoms with E-state index >= 15 is 0 Å². The Morgan fingerprint density at radius 2 is 1.69 bits per heavy atom. The Morgan fingerprint density at radius 1 is 0.882 bits per heavy atom. The van der Waals surface area contributed by atoms with Crippen LogP contribution in [0.4, 0.5) is 0 Å². The third-order valence-corrected chi connectivity index (χ3v) is 11.3. The fourth-order valence-electron chi connectivity index (χ4n) is 8.67. The standard InChI is InChI=1S/C45H44N3O2.Pt/c1-45(2,3)32-22-24-33(25-23-32)48-38-21-11-18-34(40(38)46-43(48)37-20-10-19-36(42(37)49)28-12-5-4-6-13-28)29-15-9-16-31(26-29)44-47-41-35-17-8-7-14-30(35)27-39(41)50-44;/h5,7-9,11-12,14-18,20-25,28,36,39,41-42,49H,4,6,10,13,19,27H2,1-3H3;/q-1;/t28-,36+,39+,41-,42-;/m0./s1. The van der Waals surface area contributed by atoms with Gasteiger partial charge in [-0.1, -0.05) is 98.7 Å². The molecule has 1 N–H and O–H groups in total. The van der Waals surface area contributed by atoms with E-state index in [1.54, 1.807) is 0 Å². The molecule has 3 aliphatic carbocycles. The number of imidazole rings is 1. The van der Waals surface area contributed by atoms with Gasteiger partial charge in [0.05, 0.1) is 17.1 Å². The SMILES string of the molecule is CC(C)(C)c1ccc(-n2c(C3=CCC[C@H]([C@H]4C=CCCC4)[C@@H]3O)nc3c(-c4[c-]c(C5=N[C@H]6c7ccccc7C[C@H]6O5)ccc4)cccc32)cc1.[Pt]. The van der Waals surface area contributed by atoms with Gasteiger partial charge in [-0.05, 0) is 84.2 Å². The van der Waals surface area contributed by atoms with Crippen LogP contribution in [-0.2, 0) is 37.6 Å². The van der Waals surface area contributed by atoms with Crippen molar-refractivity contribution in [3.8, 4) is 16.8 Å². The van der Waals surface area contributed by atoms with Gasteiger partial charge in [-0.3, -0.25) is 9.56 Å². The summed E-state index contributed by atoms with van der Waals surface area (Å²) in [5.41, 5.74) is 10.6. The Labute approximate surface area is 315 Å². The zero-order valence-electron chi connectivity index (χ0n) is 29.5. The maximum Gasteiger partial charge on any atom is 0.148 e. The number of aliphatic imine (C=N–C) groups is 1. The van der Waals surface area contributed by atoms with Gasteiger partial charge in [0.1, 0.15) is 23.9 Å². The Hall–Kier alpha value is -4.05. The second kappa shape index (κ2) is 13.5. The van der Waals surface area contributed by atoms with Crippen LogP contribution in [0.2, 0.25) is 0 Å². The number of aromatic nitrogens is 2. The maximum atomic E-state index is 12.1. The van der Waals surface area contributed by atoms with Gasteiger partial charge in [-0.2, -0.15) is 0 Å². The van der Waals surface area contributed by atoms with Gasteiger partial charge in [-0.25, -0.2) is 4.98 Å². The average molecular weight is 854 g/mol. The number of nitrogens with zero attached hydrogens (tertiary/aromatic N) is 3. The molecule has 0 spiro atoms. The fourth-order valence-corrected chi connectivity index (χ4v) is 8.67. The van der Waals surface area contributed by atoms with Crippen LogP contribution in [0.15, 0.2) is 108 Å². The van der Waals surface area contributed by atoms with Crippen molar-refractivity contribution in [1.29, 1.82) is 0 Å². The van der Waals surface area contributed by atoms with E-state index in [9.17, 15) is 5.11 Å². The Bertz CT molecular complexity index is 2190. The number of aliphatic hydroxyl groups excluding tert-OH is 1. The van der Waals surface area contributed by atoms with Crippen LogP contribution in [-0.4, -0.2) is 32.8 Å². The zero-order valence-corrected chi connectivity index (χ0v) is 31.7. The van der Waals surface area contributed by atoms with Crippen LogP contribution >= 0.6 is 0 Å². The monoisotopic (exact) mass is 853 g/mol. The van der Waals surface area contributed by atoms with Gasteiger partial charge < -0.3 is 9.84 Å². The van der Waals surface area contributed by atoms with E-state index in [0.717, 1.165) is 76.9 Å². The molecule has 51 heavy (non-hydrogen) atoms. The Balaban J connectivity index is 0.00000374. The molecule has 0 amide bonds. The first-order chi connectivity index (χ1) is 24.3. The topological polar surface area (TPSA) is 59.6 Å². The summed E-state index contributed by atoms with van der Waals surface area (Å²) in [4.78, 5) is 10.5. The number of aliphatic hydroxyl groups is 1. The largest absolute Gasteiger partial charge is 0.505 e. The van der Waals surface area contributed by atoms with Crippen LogP contribution in [0, 0.1) is 17.9 Å². The second-order valence-corrected chi connectivity index (χ2v) is 15.5. The van der Waals surface area contributed by atoms with Gasteiger partial charge >= 0.3 is 0 Å². The van der Waals surface area contributed by atoms with Crippen LogP contribution in [0.1, 0.15) is 87.0 Å². The first-order valence-electron chi connectivity index (χ1n) is 18.4. The summed E-state index contributed by atoms with van der Waals surface area (Å²) in [5, 5.41) is 12.1. The number of ether oxygens (including phenoxy) is 1. The molecule has 1 aliphatic heterocycles. The average Bonchev–Trinajstić information content (AvgIpc) is 3.83. The molecule has 1 aromatic heterocycles. The van der Waals surface area contributed by atoms with Crippen molar-refractivity contribution < 1.29 is 30.9 Å². The smallest absolute Gasteiger partial charge is 0.148 e. The number of rotatable bonds is 5. The van der Waals surface area contributed by atoms with E-state index in [1.165, 1.54) is 23.1 Å². The third-order valence-electron chi connectivity index (χ3n) is 11.3. The Kier molecular flexibility index (Phi) is 9.01. The van der Waals surface area contributed by atoms with Gasteiger partial charge in [0.2, 0.25) is 0 Å². The molecule has 5 atom stereocenters. The van der Waals surface area contributed by atoms with Crippen molar-refractivity contribution in [3.05, 3.63) is 137 Å². The number of hydrogen-bond acceptors (Lipinski definition) is 4. The summed E-state index contributed by atoms with van der Waals surface area (Å²) >= 11 is 0. The van der Waals surface area contributed by atoms with Crippen molar-refractivity contribution >= 4 is 22.5 Å². The summed E-state index contributed by atoms with van der Waals surface area (Å²) in [7, 11) is 0. The number of hydrogen-bond donors (Lipinski definition) is 1. The minimum atomic E-state index is -0.582. The predicted octanol–water partition coefficient (Wildman–Crippen LogP) is 9.74. The quantitative estimate of drug-likeness (QED) is 0.142. The van der Waals surface area contributed by atoms with E-state index < -0.39 is 6.10 Å². The van der Waals surface area contributed by atoms with Crippen molar-refractivity contribution in [1.82, 2.24) is 9.55 Å². The summed E-state index contributed by atoms with van der Waals surface area (Å²) in [6.07, 6.45) is 12.6. The number of benzene rings is 4. The molecule has 0 unspecified atom stereocenters. The van der Waals surface area contributed by atoms with Gasteiger partial charge in [0, 0.05) is 38.7 Å². The first-order valence-corrected chi connectivity index (χ1v) is 18.4. The van der Waals surface area contributed by atoms with Crippen molar-refractivity contribution in [3.63, 3.8) is 0 Å². The van der Waals surface area contributed by atoms with Crippen LogP contribution < -0.4 is 0 Å². The molecule has 0 fully saturated rings.